The standard InChI is InChI=1S/C12H18ClNO4S/c1-9(8-18-3)14(2)19(16,17)11-5-4-10(7-15)12(13)6-11/h4-6,9,15H,7-8H2,1-3H3. The largest absolute Gasteiger partial charge is 0.392 e. The summed E-state index contributed by atoms with van der Waals surface area (Å²) in [6, 6.07) is 4.00. The summed E-state index contributed by atoms with van der Waals surface area (Å²) < 4.78 is 30.9. The van der Waals surface area contributed by atoms with E-state index in [0.717, 1.165) is 0 Å². The molecule has 108 valence electrons. The maximum Gasteiger partial charge on any atom is 0.243 e. The Morgan fingerprint density at radius 2 is 2.11 bits per heavy atom. The van der Waals surface area contributed by atoms with Crippen molar-refractivity contribution in [3.05, 3.63) is 28.8 Å². The van der Waals surface area contributed by atoms with Gasteiger partial charge in [0, 0.05) is 25.2 Å². The highest BCUT2D eigenvalue weighted by Crippen LogP contribution is 2.23. The molecule has 0 saturated heterocycles. The van der Waals surface area contributed by atoms with E-state index in [9.17, 15) is 8.42 Å². The zero-order valence-corrected chi connectivity index (χ0v) is 12.7. The molecule has 0 aliphatic carbocycles. The zero-order valence-electron chi connectivity index (χ0n) is 11.1. The van der Waals surface area contributed by atoms with E-state index in [1.807, 2.05) is 0 Å². The van der Waals surface area contributed by atoms with E-state index in [1.165, 1.54) is 36.7 Å². The molecule has 1 unspecified atom stereocenters. The van der Waals surface area contributed by atoms with Crippen molar-refractivity contribution in [1.29, 1.82) is 0 Å². The Hall–Kier alpha value is -0.660. The molecule has 1 N–H and O–H groups in total. The molecule has 1 aromatic rings. The number of rotatable bonds is 6. The van der Waals surface area contributed by atoms with E-state index < -0.39 is 10.0 Å². The Kier molecular flexibility index (Phi) is 5.76. The summed E-state index contributed by atoms with van der Waals surface area (Å²) in [5.74, 6) is 0. The van der Waals surface area contributed by atoms with Crippen molar-refractivity contribution in [3.63, 3.8) is 0 Å². The van der Waals surface area contributed by atoms with Gasteiger partial charge in [-0.2, -0.15) is 4.31 Å². The summed E-state index contributed by atoms with van der Waals surface area (Å²) in [7, 11) is -0.610. The van der Waals surface area contributed by atoms with Crippen LogP contribution in [0.15, 0.2) is 23.1 Å². The van der Waals surface area contributed by atoms with Crippen molar-refractivity contribution >= 4 is 21.6 Å². The molecule has 0 aromatic heterocycles. The van der Waals surface area contributed by atoms with Crippen LogP contribution < -0.4 is 0 Å². The number of benzene rings is 1. The van der Waals surface area contributed by atoms with Crippen molar-refractivity contribution in [2.45, 2.75) is 24.5 Å². The third-order valence-electron chi connectivity index (χ3n) is 2.90. The molecular formula is C12H18ClNO4S. The number of halogens is 1. The summed E-state index contributed by atoms with van der Waals surface area (Å²) in [6.45, 7) is 1.83. The van der Waals surface area contributed by atoms with Crippen LogP contribution in [0.4, 0.5) is 0 Å². The van der Waals surface area contributed by atoms with Crippen LogP contribution in [-0.4, -0.2) is 44.6 Å². The van der Waals surface area contributed by atoms with Crippen LogP contribution in [0, 0.1) is 0 Å². The predicted octanol–water partition coefficient (Wildman–Crippen LogP) is 1.49. The molecular weight excluding hydrogens is 290 g/mol. The zero-order chi connectivity index (χ0) is 14.6. The Morgan fingerprint density at radius 1 is 1.47 bits per heavy atom. The average Bonchev–Trinajstić information content (AvgIpc) is 2.37. The number of aliphatic hydroxyl groups is 1. The maximum atomic E-state index is 12.3. The highest BCUT2D eigenvalue weighted by molar-refractivity contribution is 7.89. The lowest BCUT2D eigenvalue weighted by molar-refractivity contribution is 0.149. The van der Waals surface area contributed by atoms with E-state index >= 15 is 0 Å². The summed E-state index contributed by atoms with van der Waals surface area (Å²) in [6.07, 6.45) is 0. The van der Waals surface area contributed by atoms with Gasteiger partial charge >= 0.3 is 0 Å². The predicted molar refractivity (Wildman–Crippen MR) is 73.7 cm³/mol. The number of methoxy groups -OCH3 is 1. The molecule has 0 aliphatic heterocycles. The van der Waals surface area contributed by atoms with Crippen molar-refractivity contribution in [1.82, 2.24) is 4.31 Å². The minimum atomic E-state index is -3.62. The Labute approximate surface area is 118 Å². The molecule has 0 fully saturated rings. The Morgan fingerprint density at radius 3 is 2.58 bits per heavy atom. The highest BCUT2D eigenvalue weighted by Gasteiger charge is 2.25. The smallest absolute Gasteiger partial charge is 0.243 e. The van der Waals surface area contributed by atoms with Crippen LogP contribution >= 0.6 is 11.6 Å². The fourth-order valence-corrected chi connectivity index (χ4v) is 3.25. The van der Waals surface area contributed by atoms with E-state index in [4.69, 9.17) is 21.4 Å². The fourth-order valence-electron chi connectivity index (χ4n) is 1.57. The van der Waals surface area contributed by atoms with Gasteiger partial charge in [0.1, 0.15) is 0 Å². The lowest BCUT2D eigenvalue weighted by atomic mass is 10.2. The average molecular weight is 308 g/mol. The molecule has 0 spiro atoms. The van der Waals surface area contributed by atoms with Gasteiger partial charge in [0.2, 0.25) is 10.0 Å². The van der Waals surface area contributed by atoms with Crippen molar-refractivity contribution < 1.29 is 18.3 Å². The fraction of sp³-hybridized carbons (Fsp3) is 0.500. The SMILES string of the molecule is COCC(C)N(C)S(=O)(=O)c1ccc(CO)c(Cl)c1. The number of hydrogen-bond donors (Lipinski definition) is 1. The third-order valence-corrected chi connectivity index (χ3v) is 5.22. The highest BCUT2D eigenvalue weighted by atomic mass is 35.5. The van der Waals surface area contributed by atoms with E-state index in [0.29, 0.717) is 12.2 Å². The second kappa shape index (κ2) is 6.67. The van der Waals surface area contributed by atoms with Crippen LogP contribution in [-0.2, 0) is 21.4 Å². The minimum Gasteiger partial charge on any atom is -0.392 e. The molecule has 19 heavy (non-hydrogen) atoms. The normalized spacial score (nSPS) is 13.8. The number of nitrogens with zero attached hydrogens (tertiary/aromatic N) is 1. The number of hydrogen-bond acceptors (Lipinski definition) is 4. The number of sulfonamides is 1. The van der Waals surface area contributed by atoms with Gasteiger partial charge in [-0.25, -0.2) is 8.42 Å². The molecule has 1 aromatic carbocycles. The number of likely N-dealkylation sites (N-methyl/N-ethyl adjacent to an activating group) is 1. The quantitative estimate of drug-likeness (QED) is 0.864. The summed E-state index contributed by atoms with van der Waals surface area (Å²) >= 11 is 5.91. The van der Waals surface area contributed by atoms with E-state index in [1.54, 1.807) is 6.92 Å². The Balaban J connectivity index is 3.10. The van der Waals surface area contributed by atoms with Gasteiger partial charge in [-0.15, -0.1) is 0 Å². The van der Waals surface area contributed by atoms with Gasteiger partial charge in [-0.05, 0) is 24.6 Å². The van der Waals surface area contributed by atoms with E-state index in [2.05, 4.69) is 0 Å². The van der Waals surface area contributed by atoms with E-state index in [-0.39, 0.29) is 22.6 Å². The molecule has 5 nitrogen and oxygen atoms in total. The first-order valence-corrected chi connectivity index (χ1v) is 7.52. The van der Waals surface area contributed by atoms with Crippen molar-refractivity contribution in [2.24, 2.45) is 0 Å². The van der Waals surface area contributed by atoms with Gasteiger partial charge in [0.05, 0.1) is 18.1 Å². The molecule has 0 bridgehead atoms. The lowest BCUT2D eigenvalue weighted by Crippen LogP contribution is -2.37. The first kappa shape index (κ1) is 16.4. The Bertz CT molecular complexity index is 533. The summed E-state index contributed by atoms with van der Waals surface area (Å²) in [5, 5.41) is 9.25. The van der Waals surface area contributed by atoms with Gasteiger partial charge < -0.3 is 9.84 Å². The van der Waals surface area contributed by atoms with Gasteiger partial charge in [0.25, 0.3) is 0 Å². The van der Waals surface area contributed by atoms with Crippen LogP contribution in [0.5, 0.6) is 0 Å². The number of ether oxygens (including phenoxy) is 1. The second-order valence-electron chi connectivity index (χ2n) is 4.24. The van der Waals surface area contributed by atoms with Crippen LogP contribution in [0.3, 0.4) is 0 Å². The third kappa shape index (κ3) is 3.67. The maximum absolute atomic E-state index is 12.3. The lowest BCUT2D eigenvalue weighted by Gasteiger charge is -2.23. The van der Waals surface area contributed by atoms with Gasteiger partial charge in [-0.3, -0.25) is 0 Å². The molecule has 7 heteroatoms. The van der Waals surface area contributed by atoms with Crippen LogP contribution in [0.2, 0.25) is 5.02 Å². The molecule has 1 rings (SSSR count). The molecule has 0 aliphatic rings. The first-order chi connectivity index (χ1) is 8.84. The molecule has 0 heterocycles. The topological polar surface area (TPSA) is 66.8 Å². The minimum absolute atomic E-state index is 0.0974. The molecule has 0 amide bonds. The monoisotopic (exact) mass is 307 g/mol. The summed E-state index contributed by atoms with van der Waals surface area (Å²) in [4.78, 5) is 0.0974. The van der Waals surface area contributed by atoms with Gasteiger partial charge in [0.15, 0.2) is 0 Å². The van der Waals surface area contributed by atoms with Crippen molar-refractivity contribution in [2.75, 3.05) is 20.8 Å². The number of aliphatic hydroxyl groups excluding tert-OH is 1. The van der Waals surface area contributed by atoms with Gasteiger partial charge in [-0.1, -0.05) is 17.7 Å². The second-order valence-corrected chi connectivity index (χ2v) is 6.64. The van der Waals surface area contributed by atoms with Crippen LogP contribution in [0.25, 0.3) is 0 Å². The molecule has 1 atom stereocenters. The van der Waals surface area contributed by atoms with Crippen LogP contribution in [0.1, 0.15) is 12.5 Å². The van der Waals surface area contributed by atoms with Crippen molar-refractivity contribution in [3.8, 4) is 0 Å². The summed E-state index contributed by atoms with van der Waals surface area (Å²) in [5.41, 5.74) is 0.494. The first-order valence-electron chi connectivity index (χ1n) is 5.70. The molecule has 0 radical (unpaired) electrons. The molecule has 0 saturated carbocycles.